The van der Waals surface area contributed by atoms with Gasteiger partial charge in [0, 0.05) is 24.3 Å². The minimum atomic E-state index is 0.0226. The molecule has 2 aromatic carbocycles. The number of ether oxygens (including phenoxy) is 4. The monoisotopic (exact) mass is 571 g/mol. The maximum atomic E-state index is 8.66. The lowest BCUT2D eigenvalue weighted by atomic mass is 10.1. The van der Waals surface area contributed by atoms with Gasteiger partial charge in [0.25, 0.3) is 0 Å². The molecule has 0 unspecified atom stereocenters. The van der Waals surface area contributed by atoms with Gasteiger partial charge in [-0.25, -0.2) is 0 Å². The van der Waals surface area contributed by atoms with E-state index in [-0.39, 0.29) is 6.61 Å². The van der Waals surface area contributed by atoms with E-state index in [0.29, 0.717) is 68.5 Å². The Labute approximate surface area is 240 Å². The van der Waals surface area contributed by atoms with Crippen LogP contribution in [-0.2, 0) is 25.5 Å². The highest BCUT2D eigenvalue weighted by Crippen LogP contribution is 2.40. The first-order valence-electron chi connectivity index (χ1n) is 13.4. The summed E-state index contributed by atoms with van der Waals surface area (Å²) in [6.07, 6.45) is 0. The molecule has 0 aliphatic carbocycles. The Morgan fingerprint density at radius 2 is 1.43 bits per heavy atom. The average Bonchev–Trinajstić information content (AvgIpc) is 3.21. The highest BCUT2D eigenvalue weighted by molar-refractivity contribution is 7.20. The number of rotatable bonds is 19. The molecular formula is C29H41N5O5S. The third-order valence-corrected chi connectivity index (χ3v) is 7.10. The van der Waals surface area contributed by atoms with Crippen LogP contribution in [0, 0.1) is 13.8 Å². The molecule has 0 spiro atoms. The van der Waals surface area contributed by atoms with Crippen molar-refractivity contribution in [2.75, 3.05) is 82.4 Å². The number of nitrogen functional groups attached to an aromatic ring is 2. The van der Waals surface area contributed by atoms with Gasteiger partial charge in [0.1, 0.15) is 0 Å². The lowest BCUT2D eigenvalue weighted by Crippen LogP contribution is -2.27. The van der Waals surface area contributed by atoms with Gasteiger partial charge in [-0.2, -0.15) is 0 Å². The Bertz CT molecular complexity index is 1180. The summed E-state index contributed by atoms with van der Waals surface area (Å²) < 4.78 is 22.0. The summed E-state index contributed by atoms with van der Waals surface area (Å²) in [7, 11) is 0. The van der Waals surface area contributed by atoms with Gasteiger partial charge in [-0.3, -0.25) is 0 Å². The molecule has 0 radical (unpaired) electrons. The van der Waals surface area contributed by atoms with Gasteiger partial charge in [0.05, 0.1) is 75.8 Å². The van der Waals surface area contributed by atoms with Crippen molar-refractivity contribution in [1.82, 2.24) is 0 Å². The molecular weight excluding hydrogens is 530 g/mol. The molecule has 0 saturated heterocycles. The number of aliphatic hydroxyl groups excluding tert-OH is 1. The molecule has 0 saturated carbocycles. The first-order chi connectivity index (χ1) is 19.5. The molecule has 218 valence electrons. The molecule has 0 amide bonds. The van der Waals surface area contributed by atoms with Crippen molar-refractivity contribution in [1.29, 1.82) is 0 Å². The normalized spacial score (nSPS) is 11.5. The van der Waals surface area contributed by atoms with E-state index < -0.39 is 0 Å². The lowest BCUT2D eigenvalue weighted by molar-refractivity contribution is -0.00490. The zero-order valence-corrected chi connectivity index (χ0v) is 24.2. The van der Waals surface area contributed by atoms with Gasteiger partial charge >= 0.3 is 0 Å². The van der Waals surface area contributed by atoms with Gasteiger partial charge < -0.3 is 40.4 Å². The zero-order chi connectivity index (χ0) is 28.6. The van der Waals surface area contributed by atoms with E-state index in [4.69, 9.17) is 35.5 Å². The van der Waals surface area contributed by atoms with Crippen LogP contribution in [0.5, 0.6) is 0 Å². The van der Waals surface area contributed by atoms with Crippen molar-refractivity contribution in [2.45, 2.75) is 20.4 Å². The predicted molar refractivity (Wildman–Crippen MR) is 161 cm³/mol. The summed E-state index contributed by atoms with van der Waals surface area (Å²) in [5.74, 6) is 0. The summed E-state index contributed by atoms with van der Waals surface area (Å²) >= 11 is 1.34. The maximum absolute atomic E-state index is 8.66. The van der Waals surface area contributed by atoms with Crippen LogP contribution < -0.4 is 16.4 Å². The van der Waals surface area contributed by atoms with E-state index in [9.17, 15) is 0 Å². The average molecular weight is 572 g/mol. The molecule has 0 atom stereocenters. The molecule has 1 aromatic heterocycles. The molecule has 0 fully saturated rings. The first kappa shape index (κ1) is 31.5. The van der Waals surface area contributed by atoms with Crippen molar-refractivity contribution >= 4 is 38.4 Å². The van der Waals surface area contributed by atoms with Gasteiger partial charge in [-0.05, 0) is 43.2 Å². The quantitative estimate of drug-likeness (QED) is 0.135. The first-order valence-corrected chi connectivity index (χ1v) is 14.2. The standard InChI is InChI=1S/C29H41N5O5S/c1-22-20-25(8-9-26(22)32-33-29-27(30)23(2)28(31)40-29)34(21-24-6-4-3-5-7-24)10-12-36-14-16-38-18-19-39-17-15-37-13-11-35/h3-9,20,35H,10-19,21,30-31H2,1-2H3/b33-32+. The zero-order valence-electron chi connectivity index (χ0n) is 23.4. The molecule has 3 rings (SSSR count). The van der Waals surface area contributed by atoms with Crippen molar-refractivity contribution in [3.8, 4) is 0 Å². The summed E-state index contributed by atoms with van der Waals surface area (Å²) in [5, 5.41) is 18.7. The SMILES string of the molecule is Cc1cc(N(CCOCCOCCOCCOCCO)Cc2ccccc2)ccc1/N=N/c1sc(N)c(C)c1N. The fourth-order valence-corrected chi connectivity index (χ4v) is 4.57. The van der Waals surface area contributed by atoms with E-state index in [2.05, 4.69) is 39.4 Å². The van der Waals surface area contributed by atoms with Gasteiger partial charge in [0.2, 0.25) is 0 Å². The summed E-state index contributed by atoms with van der Waals surface area (Å²) in [5.41, 5.74) is 17.6. The van der Waals surface area contributed by atoms with Crippen LogP contribution in [0.3, 0.4) is 0 Å². The fourth-order valence-electron chi connectivity index (χ4n) is 3.76. The van der Waals surface area contributed by atoms with Crippen LogP contribution in [0.25, 0.3) is 0 Å². The largest absolute Gasteiger partial charge is 0.396 e. The third kappa shape index (κ3) is 10.5. The van der Waals surface area contributed by atoms with Gasteiger partial charge in [-0.15, -0.1) is 10.2 Å². The Morgan fingerprint density at radius 3 is 2.00 bits per heavy atom. The van der Waals surface area contributed by atoms with Crippen LogP contribution >= 0.6 is 11.3 Å². The van der Waals surface area contributed by atoms with E-state index in [1.807, 2.05) is 38.1 Å². The molecule has 1 heterocycles. The molecule has 0 bridgehead atoms. The number of hydrogen-bond acceptors (Lipinski definition) is 11. The number of azo groups is 1. The Morgan fingerprint density at radius 1 is 0.800 bits per heavy atom. The van der Waals surface area contributed by atoms with E-state index in [1.54, 1.807) is 0 Å². The number of benzene rings is 2. The van der Waals surface area contributed by atoms with E-state index in [1.165, 1.54) is 16.9 Å². The topological polar surface area (TPSA) is 137 Å². The minimum absolute atomic E-state index is 0.0226. The Hall–Kier alpha value is -3.06. The van der Waals surface area contributed by atoms with Crippen molar-refractivity contribution in [2.24, 2.45) is 10.2 Å². The lowest BCUT2D eigenvalue weighted by Gasteiger charge is -2.25. The van der Waals surface area contributed by atoms with Crippen molar-refractivity contribution in [3.63, 3.8) is 0 Å². The summed E-state index contributed by atoms with van der Waals surface area (Å²) in [6, 6.07) is 16.5. The molecule has 40 heavy (non-hydrogen) atoms. The second-order valence-corrected chi connectivity index (χ2v) is 10.1. The second kappa shape index (κ2) is 17.6. The van der Waals surface area contributed by atoms with Crippen LogP contribution in [0.2, 0.25) is 0 Å². The summed E-state index contributed by atoms with van der Waals surface area (Å²) in [6.45, 7) is 9.25. The van der Waals surface area contributed by atoms with Crippen LogP contribution in [-0.4, -0.2) is 71.1 Å². The number of nitrogens with zero attached hydrogens (tertiary/aromatic N) is 3. The predicted octanol–water partition coefficient (Wildman–Crippen LogP) is 5.01. The highest BCUT2D eigenvalue weighted by Gasteiger charge is 2.12. The maximum Gasteiger partial charge on any atom is 0.164 e. The molecule has 0 aliphatic heterocycles. The molecule has 3 aromatic rings. The Kier molecular flexibility index (Phi) is 13.8. The minimum Gasteiger partial charge on any atom is -0.396 e. The van der Waals surface area contributed by atoms with Gasteiger partial charge in [0.15, 0.2) is 5.00 Å². The Balaban J connectivity index is 1.49. The molecule has 11 heteroatoms. The van der Waals surface area contributed by atoms with Crippen molar-refractivity contribution < 1.29 is 24.1 Å². The summed E-state index contributed by atoms with van der Waals surface area (Å²) in [4.78, 5) is 2.29. The molecule has 0 aliphatic rings. The van der Waals surface area contributed by atoms with E-state index in [0.717, 1.165) is 35.6 Å². The van der Waals surface area contributed by atoms with Crippen LogP contribution in [0.1, 0.15) is 16.7 Å². The van der Waals surface area contributed by atoms with Crippen LogP contribution in [0.4, 0.5) is 27.1 Å². The molecule has 5 N–H and O–H groups in total. The third-order valence-electron chi connectivity index (χ3n) is 6.08. The van der Waals surface area contributed by atoms with Crippen LogP contribution in [0.15, 0.2) is 58.8 Å². The van der Waals surface area contributed by atoms with Crippen molar-refractivity contribution in [3.05, 3.63) is 65.2 Å². The smallest absolute Gasteiger partial charge is 0.164 e. The van der Waals surface area contributed by atoms with E-state index >= 15 is 0 Å². The number of anilines is 3. The number of hydrogen-bond donors (Lipinski definition) is 3. The molecule has 10 nitrogen and oxygen atoms in total. The second-order valence-electron chi connectivity index (χ2n) is 9.06. The van der Waals surface area contributed by atoms with Gasteiger partial charge in [-0.1, -0.05) is 41.7 Å². The number of aliphatic hydroxyl groups is 1. The number of thiophene rings is 1. The number of aryl methyl sites for hydroxylation is 1. The number of nitrogens with two attached hydrogens (primary N) is 2. The highest BCUT2D eigenvalue weighted by atomic mass is 32.1. The fraction of sp³-hybridized carbons (Fsp3) is 0.448.